The lowest BCUT2D eigenvalue weighted by Gasteiger charge is -2.15. The largest absolute Gasteiger partial charge is 0.490 e. The van der Waals surface area contributed by atoms with Crippen LogP contribution in [0.25, 0.3) is 0 Å². The molecule has 0 spiro atoms. The third kappa shape index (κ3) is 5.73. The SMILES string of the molecule is CCCOc1ccccc1OCC(=O)O[C@@H](C)C(=O)Nc1ccc2c(c1)CCC2. The topological polar surface area (TPSA) is 73.9 Å². The lowest BCUT2D eigenvalue weighted by molar-refractivity contribution is -0.155. The Morgan fingerprint density at radius 1 is 1.03 bits per heavy atom. The lowest BCUT2D eigenvalue weighted by Crippen LogP contribution is -2.31. The molecule has 0 unspecified atom stereocenters. The maximum atomic E-state index is 12.3. The van der Waals surface area contributed by atoms with Crippen molar-refractivity contribution in [2.24, 2.45) is 0 Å². The average Bonchev–Trinajstić information content (AvgIpc) is 3.19. The fraction of sp³-hybridized carbons (Fsp3) is 0.391. The van der Waals surface area contributed by atoms with Crippen LogP contribution in [0.2, 0.25) is 0 Å². The quantitative estimate of drug-likeness (QED) is 0.650. The summed E-state index contributed by atoms with van der Waals surface area (Å²) in [5.74, 6) is 0.0487. The van der Waals surface area contributed by atoms with E-state index in [1.54, 1.807) is 25.1 Å². The molecule has 1 amide bonds. The third-order valence-electron chi connectivity index (χ3n) is 4.70. The number of rotatable bonds is 9. The van der Waals surface area contributed by atoms with E-state index in [1.165, 1.54) is 11.1 Å². The first-order valence-corrected chi connectivity index (χ1v) is 10.0. The third-order valence-corrected chi connectivity index (χ3v) is 4.70. The molecule has 0 saturated carbocycles. The molecule has 29 heavy (non-hydrogen) atoms. The number of ether oxygens (including phenoxy) is 3. The summed E-state index contributed by atoms with van der Waals surface area (Å²) in [7, 11) is 0. The van der Waals surface area contributed by atoms with Crippen LogP contribution in [0.15, 0.2) is 42.5 Å². The molecule has 6 heteroatoms. The molecule has 6 nitrogen and oxygen atoms in total. The van der Waals surface area contributed by atoms with E-state index in [0.717, 1.165) is 31.4 Å². The van der Waals surface area contributed by atoms with E-state index in [2.05, 4.69) is 5.32 Å². The van der Waals surface area contributed by atoms with Gasteiger partial charge in [-0.15, -0.1) is 0 Å². The second-order valence-corrected chi connectivity index (χ2v) is 7.04. The monoisotopic (exact) mass is 397 g/mol. The van der Waals surface area contributed by atoms with Crippen molar-refractivity contribution in [3.8, 4) is 11.5 Å². The number of fused-ring (bicyclic) bond motifs is 1. The van der Waals surface area contributed by atoms with Gasteiger partial charge in [0.15, 0.2) is 24.2 Å². The number of carbonyl (C=O) groups excluding carboxylic acids is 2. The first-order chi connectivity index (χ1) is 14.1. The molecule has 154 valence electrons. The number of amides is 1. The highest BCUT2D eigenvalue weighted by molar-refractivity contribution is 5.95. The second-order valence-electron chi connectivity index (χ2n) is 7.04. The zero-order chi connectivity index (χ0) is 20.6. The van der Waals surface area contributed by atoms with E-state index >= 15 is 0 Å². The number of benzene rings is 2. The number of hydrogen-bond donors (Lipinski definition) is 1. The van der Waals surface area contributed by atoms with Crippen LogP contribution in [0.5, 0.6) is 11.5 Å². The van der Waals surface area contributed by atoms with E-state index < -0.39 is 12.1 Å². The molecule has 0 fully saturated rings. The maximum absolute atomic E-state index is 12.3. The van der Waals surface area contributed by atoms with Gasteiger partial charge in [0, 0.05) is 5.69 Å². The Morgan fingerprint density at radius 3 is 2.52 bits per heavy atom. The Morgan fingerprint density at radius 2 is 1.76 bits per heavy atom. The van der Waals surface area contributed by atoms with E-state index in [0.29, 0.717) is 18.1 Å². The second kappa shape index (κ2) is 9.96. The molecule has 0 aromatic heterocycles. The standard InChI is InChI=1S/C23H27NO5/c1-3-13-27-20-9-4-5-10-21(20)28-15-22(25)29-16(2)23(26)24-19-12-11-17-7-6-8-18(17)14-19/h4-5,9-12,14,16H,3,6-8,13,15H2,1-2H3,(H,24,26)/t16-/m0/s1. The van der Waals surface area contributed by atoms with Gasteiger partial charge in [0.05, 0.1) is 6.61 Å². The van der Waals surface area contributed by atoms with Crippen LogP contribution in [-0.2, 0) is 27.2 Å². The maximum Gasteiger partial charge on any atom is 0.344 e. The van der Waals surface area contributed by atoms with Crippen molar-refractivity contribution in [3.05, 3.63) is 53.6 Å². The van der Waals surface area contributed by atoms with Gasteiger partial charge in [-0.1, -0.05) is 25.1 Å². The molecule has 1 aliphatic carbocycles. The van der Waals surface area contributed by atoms with Gasteiger partial charge in [-0.3, -0.25) is 4.79 Å². The van der Waals surface area contributed by atoms with Crippen molar-refractivity contribution < 1.29 is 23.8 Å². The van der Waals surface area contributed by atoms with E-state index in [-0.39, 0.29) is 12.5 Å². The van der Waals surface area contributed by atoms with Crippen LogP contribution in [-0.4, -0.2) is 31.2 Å². The normalized spacial score (nSPS) is 13.3. The molecule has 3 rings (SSSR count). The summed E-state index contributed by atoms with van der Waals surface area (Å²) in [6.07, 6.45) is 3.21. The Balaban J connectivity index is 1.48. The average molecular weight is 397 g/mol. The first-order valence-electron chi connectivity index (χ1n) is 10.0. The molecule has 1 atom stereocenters. The van der Waals surface area contributed by atoms with Gasteiger partial charge in [0.1, 0.15) is 0 Å². The van der Waals surface area contributed by atoms with Gasteiger partial charge in [0.2, 0.25) is 0 Å². The van der Waals surface area contributed by atoms with Crippen molar-refractivity contribution in [2.75, 3.05) is 18.5 Å². The smallest absolute Gasteiger partial charge is 0.344 e. The molecule has 1 N–H and O–H groups in total. The number of nitrogens with one attached hydrogen (secondary N) is 1. The Bertz CT molecular complexity index is 864. The van der Waals surface area contributed by atoms with Gasteiger partial charge in [-0.2, -0.15) is 0 Å². The van der Waals surface area contributed by atoms with Crippen molar-refractivity contribution in [1.29, 1.82) is 0 Å². The van der Waals surface area contributed by atoms with E-state index in [1.807, 2.05) is 31.2 Å². The van der Waals surface area contributed by atoms with Crippen LogP contribution < -0.4 is 14.8 Å². The molecule has 0 saturated heterocycles. The molecule has 0 bridgehead atoms. The summed E-state index contributed by atoms with van der Waals surface area (Å²) < 4.78 is 16.3. The van der Waals surface area contributed by atoms with Crippen LogP contribution in [0.1, 0.15) is 37.8 Å². The van der Waals surface area contributed by atoms with Gasteiger partial charge in [-0.25, -0.2) is 4.79 Å². The minimum absolute atomic E-state index is 0.303. The number of para-hydroxylation sites is 2. The van der Waals surface area contributed by atoms with Gasteiger partial charge < -0.3 is 19.5 Å². The Hall–Kier alpha value is -3.02. The Kier molecular flexibility index (Phi) is 7.11. The van der Waals surface area contributed by atoms with Crippen molar-refractivity contribution in [3.63, 3.8) is 0 Å². The molecule has 2 aromatic rings. The molecule has 1 aliphatic rings. The number of anilines is 1. The molecule has 0 aliphatic heterocycles. The molecular formula is C23H27NO5. The van der Waals surface area contributed by atoms with E-state index in [9.17, 15) is 9.59 Å². The zero-order valence-electron chi connectivity index (χ0n) is 16.9. The summed E-state index contributed by atoms with van der Waals surface area (Å²) >= 11 is 0. The van der Waals surface area contributed by atoms with E-state index in [4.69, 9.17) is 14.2 Å². The van der Waals surface area contributed by atoms with Crippen LogP contribution >= 0.6 is 0 Å². The number of aryl methyl sites for hydroxylation is 2. The van der Waals surface area contributed by atoms with Crippen molar-refractivity contribution in [1.82, 2.24) is 0 Å². The van der Waals surface area contributed by atoms with Crippen molar-refractivity contribution in [2.45, 2.75) is 45.6 Å². The zero-order valence-corrected chi connectivity index (χ0v) is 16.9. The lowest BCUT2D eigenvalue weighted by atomic mass is 10.1. The fourth-order valence-electron chi connectivity index (χ4n) is 3.22. The number of esters is 1. The highest BCUT2D eigenvalue weighted by Gasteiger charge is 2.20. The fourth-order valence-corrected chi connectivity index (χ4v) is 3.22. The summed E-state index contributed by atoms with van der Waals surface area (Å²) in [6.45, 7) is 3.81. The summed E-state index contributed by atoms with van der Waals surface area (Å²) in [6, 6.07) is 13.1. The molecule has 0 radical (unpaired) electrons. The molecule has 2 aromatic carbocycles. The number of hydrogen-bond acceptors (Lipinski definition) is 5. The van der Waals surface area contributed by atoms with Crippen molar-refractivity contribution >= 4 is 17.6 Å². The predicted molar refractivity (Wildman–Crippen MR) is 110 cm³/mol. The number of carbonyl (C=O) groups is 2. The van der Waals surface area contributed by atoms with Gasteiger partial charge in [-0.05, 0) is 68.0 Å². The minimum atomic E-state index is -0.925. The minimum Gasteiger partial charge on any atom is -0.490 e. The Labute approximate surface area is 171 Å². The molecule has 0 heterocycles. The van der Waals surface area contributed by atoms with Crippen LogP contribution in [0, 0.1) is 0 Å². The highest BCUT2D eigenvalue weighted by atomic mass is 16.6. The van der Waals surface area contributed by atoms with Crippen LogP contribution in [0.3, 0.4) is 0 Å². The summed E-state index contributed by atoms with van der Waals surface area (Å²) in [5.41, 5.74) is 3.32. The predicted octanol–water partition coefficient (Wildman–Crippen LogP) is 3.91. The van der Waals surface area contributed by atoms with Gasteiger partial charge >= 0.3 is 5.97 Å². The summed E-state index contributed by atoms with van der Waals surface area (Å²) in [5, 5.41) is 2.81. The van der Waals surface area contributed by atoms with Crippen LogP contribution in [0.4, 0.5) is 5.69 Å². The van der Waals surface area contributed by atoms with Gasteiger partial charge in [0.25, 0.3) is 5.91 Å². The summed E-state index contributed by atoms with van der Waals surface area (Å²) in [4.78, 5) is 24.4. The first kappa shape index (κ1) is 20.7. The highest BCUT2D eigenvalue weighted by Crippen LogP contribution is 2.27. The molecular weight excluding hydrogens is 370 g/mol.